The van der Waals surface area contributed by atoms with Crippen molar-refractivity contribution in [3.63, 3.8) is 0 Å². The first-order chi connectivity index (χ1) is 10.0. The van der Waals surface area contributed by atoms with Crippen LogP contribution in [0.2, 0.25) is 0 Å². The highest BCUT2D eigenvalue weighted by Gasteiger charge is 2.32. The highest BCUT2D eigenvalue weighted by molar-refractivity contribution is 5.58. The van der Waals surface area contributed by atoms with Crippen molar-refractivity contribution >= 4 is 11.4 Å². The average Bonchev–Trinajstić information content (AvgIpc) is 2.96. The molecule has 1 heterocycles. The third kappa shape index (κ3) is 3.53. The van der Waals surface area contributed by atoms with Crippen LogP contribution >= 0.6 is 0 Å². The topological polar surface area (TPSA) is 15.3 Å². The fraction of sp³-hybridized carbons (Fsp3) is 0.684. The van der Waals surface area contributed by atoms with Gasteiger partial charge in [0.15, 0.2) is 0 Å². The fourth-order valence-electron chi connectivity index (χ4n) is 4.14. The maximum absolute atomic E-state index is 3.81. The lowest BCUT2D eigenvalue weighted by Crippen LogP contribution is -2.36. The molecular formula is C19H30N2. The number of hydrogen-bond acceptors (Lipinski definition) is 2. The van der Waals surface area contributed by atoms with Crippen LogP contribution in [0.1, 0.15) is 52.9 Å². The lowest BCUT2D eigenvalue weighted by Gasteiger charge is -2.40. The minimum absolute atomic E-state index is 0.523. The van der Waals surface area contributed by atoms with E-state index in [1.54, 1.807) is 0 Å². The number of nitrogens with one attached hydrogen (secondary N) is 1. The zero-order valence-electron chi connectivity index (χ0n) is 13.9. The van der Waals surface area contributed by atoms with Crippen molar-refractivity contribution in [2.75, 3.05) is 23.3 Å². The maximum Gasteiger partial charge on any atom is 0.0386 e. The SMILES string of the molecule is CC1CC(C)(C)CCC1Nc1cccc(N2CCCC2)c1. The van der Waals surface area contributed by atoms with Crippen molar-refractivity contribution in [1.29, 1.82) is 0 Å². The van der Waals surface area contributed by atoms with Gasteiger partial charge >= 0.3 is 0 Å². The molecule has 1 aliphatic heterocycles. The Morgan fingerprint density at radius 1 is 1.19 bits per heavy atom. The summed E-state index contributed by atoms with van der Waals surface area (Å²) in [6.07, 6.45) is 6.64. The molecule has 0 radical (unpaired) electrons. The normalized spacial score (nSPS) is 28.6. The van der Waals surface area contributed by atoms with Gasteiger partial charge in [-0.05, 0) is 61.6 Å². The van der Waals surface area contributed by atoms with E-state index in [-0.39, 0.29) is 0 Å². The quantitative estimate of drug-likeness (QED) is 0.849. The standard InChI is InChI=1S/C19H30N2/c1-15-14-19(2,3)10-9-18(15)20-16-7-6-8-17(13-16)21-11-4-5-12-21/h6-8,13,15,18,20H,4-5,9-12,14H2,1-3H3. The van der Waals surface area contributed by atoms with E-state index in [9.17, 15) is 0 Å². The number of anilines is 2. The summed E-state index contributed by atoms with van der Waals surface area (Å²) in [5.41, 5.74) is 3.21. The highest BCUT2D eigenvalue weighted by atomic mass is 15.1. The second-order valence-corrected chi connectivity index (χ2v) is 7.88. The Morgan fingerprint density at radius 2 is 1.95 bits per heavy atom. The van der Waals surface area contributed by atoms with Crippen LogP contribution in [0.5, 0.6) is 0 Å². The van der Waals surface area contributed by atoms with E-state index in [2.05, 4.69) is 55.3 Å². The molecule has 1 N–H and O–H groups in total. The predicted molar refractivity (Wildman–Crippen MR) is 92.1 cm³/mol. The molecule has 2 atom stereocenters. The summed E-state index contributed by atoms with van der Waals surface area (Å²) >= 11 is 0. The van der Waals surface area contributed by atoms with E-state index < -0.39 is 0 Å². The number of benzene rings is 1. The highest BCUT2D eigenvalue weighted by Crippen LogP contribution is 2.39. The summed E-state index contributed by atoms with van der Waals surface area (Å²) in [5, 5.41) is 3.81. The molecule has 0 spiro atoms. The molecule has 1 saturated carbocycles. The summed E-state index contributed by atoms with van der Waals surface area (Å²) in [5.74, 6) is 0.754. The predicted octanol–water partition coefficient (Wildman–Crippen LogP) is 4.91. The Hall–Kier alpha value is -1.18. The second-order valence-electron chi connectivity index (χ2n) is 7.88. The summed E-state index contributed by atoms with van der Waals surface area (Å²) < 4.78 is 0. The minimum Gasteiger partial charge on any atom is -0.382 e. The molecule has 1 aliphatic carbocycles. The van der Waals surface area contributed by atoms with Crippen molar-refractivity contribution < 1.29 is 0 Å². The summed E-state index contributed by atoms with van der Waals surface area (Å²) in [6, 6.07) is 9.66. The first-order valence-electron chi connectivity index (χ1n) is 8.65. The van der Waals surface area contributed by atoms with Crippen LogP contribution in [-0.4, -0.2) is 19.1 Å². The lowest BCUT2D eigenvalue weighted by atomic mass is 9.70. The van der Waals surface area contributed by atoms with Gasteiger partial charge in [-0.3, -0.25) is 0 Å². The zero-order chi connectivity index (χ0) is 14.9. The molecular weight excluding hydrogens is 256 g/mol. The van der Waals surface area contributed by atoms with Crippen LogP contribution in [-0.2, 0) is 0 Å². The molecule has 2 aliphatic rings. The van der Waals surface area contributed by atoms with Gasteiger partial charge in [-0.2, -0.15) is 0 Å². The van der Waals surface area contributed by atoms with Crippen molar-refractivity contribution in [1.82, 2.24) is 0 Å². The van der Waals surface area contributed by atoms with E-state index in [1.807, 2.05) is 0 Å². The van der Waals surface area contributed by atoms with Crippen LogP contribution in [0.4, 0.5) is 11.4 Å². The Balaban J connectivity index is 1.66. The molecule has 0 bridgehead atoms. The summed E-state index contributed by atoms with van der Waals surface area (Å²) in [6.45, 7) is 9.67. The largest absolute Gasteiger partial charge is 0.382 e. The molecule has 2 heteroatoms. The van der Waals surface area contributed by atoms with Crippen molar-refractivity contribution in [2.45, 2.75) is 58.9 Å². The third-order valence-electron chi connectivity index (χ3n) is 5.36. The monoisotopic (exact) mass is 286 g/mol. The van der Waals surface area contributed by atoms with Gasteiger partial charge in [0.05, 0.1) is 0 Å². The molecule has 1 saturated heterocycles. The minimum atomic E-state index is 0.523. The van der Waals surface area contributed by atoms with Gasteiger partial charge in [0, 0.05) is 30.5 Å². The first kappa shape index (κ1) is 14.7. The molecule has 2 unspecified atom stereocenters. The number of rotatable bonds is 3. The van der Waals surface area contributed by atoms with Gasteiger partial charge in [0.2, 0.25) is 0 Å². The van der Waals surface area contributed by atoms with E-state index in [0.717, 1.165) is 5.92 Å². The Kier molecular flexibility index (Phi) is 4.14. The van der Waals surface area contributed by atoms with E-state index in [1.165, 1.54) is 56.6 Å². The molecule has 116 valence electrons. The van der Waals surface area contributed by atoms with Gasteiger partial charge in [-0.15, -0.1) is 0 Å². The smallest absolute Gasteiger partial charge is 0.0386 e. The van der Waals surface area contributed by atoms with Gasteiger partial charge in [0.25, 0.3) is 0 Å². The first-order valence-corrected chi connectivity index (χ1v) is 8.65. The van der Waals surface area contributed by atoms with E-state index in [4.69, 9.17) is 0 Å². The van der Waals surface area contributed by atoms with Crippen LogP contribution in [0.15, 0.2) is 24.3 Å². The van der Waals surface area contributed by atoms with Gasteiger partial charge in [-0.1, -0.05) is 26.8 Å². The molecule has 3 rings (SSSR count). The Labute approximate surface area is 129 Å². The summed E-state index contributed by atoms with van der Waals surface area (Å²) in [7, 11) is 0. The van der Waals surface area contributed by atoms with Crippen LogP contribution in [0, 0.1) is 11.3 Å². The summed E-state index contributed by atoms with van der Waals surface area (Å²) in [4.78, 5) is 2.51. The van der Waals surface area contributed by atoms with Crippen molar-refractivity contribution in [3.05, 3.63) is 24.3 Å². The molecule has 2 nitrogen and oxygen atoms in total. The maximum atomic E-state index is 3.81. The second kappa shape index (κ2) is 5.90. The fourth-order valence-corrected chi connectivity index (χ4v) is 4.14. The van der Waals surface area contributed by atoms with Crippen molar-refractivity contribution in [2.24, 2.45) is 11.3 Å². The average molecular weight is 286 g/mol. The molecule has 1 aromatic carbocycles. The number of nitrogens with zero attached hydrogens (tertiary/aromatic N) is 1. The van der Waals surface area contributed by atoms with E-state index >= 15 is 0 Å². The van der Waals surface area contributed by atoms with Gasteiger partial charge in [-0.25, -0.2) is 0 Å². The lowest BCUT2D eigenvalue weighted by molar-refractivity contribution is 0.177. The Morgan fingerprint density at radius 3 is 2.67 bits per heavy atom. The van der Waals surface area contributed by atoms with Gasteiger partial charge in [0.1, 0.15) is 0 Å². The Bertz CT molecular complexity index is 474. The van der Waals surface area contributed by atoms with E-state index in [0.29, 0.717) is 11.5 Å². The molecule has 21 heavy (non-hydrogen) atoms. The number of hydrogen-bond donors (Lipinski definition) is 1. The molecule has 0 aromatic heterocycles. The van der Waals surface area contributed by atoms with Crippen LogP contribution < -0.4 is 10.2 Å². The van der Waals surface area contributed by atoms with Crippen LogP contribution in [0.25, 0.3) is 0 Å². The van der Waals surface area contributed by atoms with Gasteiger partial charge < -0.3 is 10.2 Å². The molecule has 1 aromatic rings. The third-order valence-corrected chi connectivity index (χ3v) is 5.36. The zero-order valence-corrected chi connectivity index (χ0v) is 13.9. The van der Waals surface area contributed by atoms with Crippen molar-refractivity contribution in [3.8, 4) is 0 Å². The molecule has 2 fully saturated rings. The van der Waals surface area contributed by atoms with Crippen LogP contribution in [0.3, 0.4) is 0 Å². The molecule has 0 amide bonds.